The van der Waals surface area contributed by atoms with Crippen LogP contribution in [0.25, 0.3) is 77.3 Å². The Hall–Kier alpha value is -6.45. The molecule has 48 heavy (non-hydrogen) atoms. The highest BCUT2D eigenvalue weighted by atomic mass is 16.3. The monoisotopic (exact) mass is 612 g/mol. The molecule has 9 aromatic rings. The number of pyridine rings is 1. The van der Waals surface area contributed by atoms with Gasteiger partial charge in [0.2, 0.25) is 0 Å². The van der Waals surface area contributed by atoms with E-state index in [4.69, 9.17) is 9.40 Å². The average Bonchev–Trinajstić information content (AvgIpc) is 3.48. The maximum Gasteiger partial charge on any atom is 0.137 e. The molecule has 0 saturated heterocycles. The molecule has 0 unspecified atom stereocenters. The molecule has 1 aliphatic carbocycles. The third kappa shape index (κ3) is 4.04. The number of benzene rings is 7. The van der Waals surface area contributed by atoms with Crippen molar-refractivity contribution in [2.45, 2.75) is 0 Å². The van der Waals surface area contributed by atoms with Crippen LogP contribution in [0.4, 0.5) is 17.1 Å². The summed E-state index contributed by atoms with van der Waals surface area (Å²) < 4.78 is 6.42. The molecule has 7 aromatic carbocycles. The van der Waals surface area contributed by atoms with Crippen molar-refractivity contribution in [1.82, 2.24) is 4.98 Å². The zero-order chi connectivity index (χ0) is 31.6. The molecule has 0 fully saturated rings. The maximum atomic E-state index is 6.42. The second kappa shape index (κ2) is 10.5. The zero-order valence-corrected chi connectivity index (χ0v) is 26.0. The van der Waals surface area contributed by atoms with Crippen LogP contribution in [-0.2, 0) is 0 Å². The first-order valence-electron chi connectivity index (χ1n) is 16.3. The fourth-order valence-corrected chi connectivity index (χ4v) is 7.53. The van der Waals surface area contributed by atoms with Crippen LogP contribution in [0, 0.1) is 0 Å². The number of nitrogens with zero attached hydrogens (tertiary/aromatic N) is 2. The minimum Gasteiger partial charge on any atom is -0.456 e. The Bertz CT molecular complexity index is 2640. The van der Waals surface area contributed by atoms with Crippen molar-refractivity contribution in [2.75, 3.05) is 4.90 Å². The molecule has 0 aliphatic heterocycles. The molecule has 3 nitrogen and oxygen atoms in total. The van der Waals surface area contributed by atoms with Crippen molar-refractivity contribution in [3.63, 3.8) is 0 Å². The summed E-state index contributed by atoms with van der Waals surface area (Å²) in [5, 5.41) is 4.60. The van der Waals surface area contributed by atoms with Gasteiger partial charge in [0, 0.05) is 56.3 Å². The number of anilines is 3. The molecule has 2 aromatic heterocycles. The fraction of sp³-hybridized carbons (Fsp3) is 0. The van der Waals surface area contributed by atoms with Crippen LogP contribution >= 0.6 is 0 Å². The van der Waals surface area contributed by atoms with Crippen LogP contribution in [0.5, 0.6) is 0 Å². The van der Waals surface area contributed by atoms with Gasteiger partial charge in [-0.3, -0.25) is 4.98 Å². The Morgan fingerprint density at radius 2 is 1.10 bits per heavy atom. The first kappa shape index (κ1) is 26.7. The SMILES string of the molecule is c1ccc(-c2cccc(N(c3ccc4c(c3)oc3ccccc34)c3ccc4c5c(cccc35)-c3ccccc3-c3cccnc3-4)c2)cc1. The average molecular weight is 613 g/mol. The van der Waals surface area contributed by atoms with Gasteiger partial charge in [-0.15, -0.1) is 0 Å². The van der Waals surface area contributed by atoms with Gasteiger partial charge < -0.3 is 9.32 Å². The van der Waals surface area contributed by atoms with Gasteiger partial charge in [-0.25, -0.2) is 0 Å². The van der Waals surface area contributed by atoms with E-state index < -0.39 is 0 Å². The molecule has 10 rings (SSSR count). The van der Waals surface area contributed by atoms with Crippen LogP contribution in [0.2, 0.25) is 0 Å². The third-order valence-electron chi connectivity index (χ3n) is 9.66. The van der Waals surface area contributed by atoms with Gasteiger partial charge >= 0.3 is 0 Å². The minimum atomic E-state index is 0.865. The predicted molar refractivity (Wildman–Crippen MR) is 199 cm³/mol. The molecule has 0 N–H and O–H groups in total. The first-order chi connectivity index (χ1) is 23.8. The van der Waals surface area contributed by atoms with Crippen LogP contribution in [-0.4, -0.2) is 4.98 Å². The molecule has 0 saturated carbocycles. The highest BCUT2D eigenvalue weighted by molar-refractivity contribution is 6.17. The highest BCUT2D eigenvalue weighted by Crippen LogP contribution is 2.50. The summed E-state index contributed by atoms with van der Waals surface area (Å²) in [7, 11) is 0. The lowest BCUT2D eigenvalue weighted by atomic mass is 9.93. The second-order valence-corrected chi connectivity index (χ2v) is 12.3. The number of furan rings is 1. The van der Waals surface area contributed by atoms with E-state index in [0.717, 1.165) is 66.8 Å². The van der Waals surface area contributed by atoms with Gasteiger partial charge in [0.25, 0.3) is 0 Å². The summed E-state index contributed by atoms with van der Waals surface area (Å²) in [4.78, 5) is 7.34. The van der Waals surface area contributed by atoms with Crippen molar-refractivity contribution in [1.29, 1.82) is 0 Å². The second-order valence-electron chi connectivity index (χ2n) is 12.3. The molecular formula is C45H28N2O. The van der Waals surface area contributed by atoms with E-state index in [1.807, 2.05) is 24.4 Å². The van der Waals surface area contributed by atoms with Crippen molar-refractivity contribution >= 4 is 49.8 Å². The lowest BCUT2D eigenvalue weighted by molar-refractivity contribution is 0.669. The minimum absolute atomic E-state index is 0.865. The predicted octanol–water partition coefficient (Wildman–Crippen LogP) is 12.6. The van der Waals surface area contributed by atoms with E-state index in [1.165, 1.54) is 27.6 Å². The van der Waals surface area contributed by atoms with Gasteiger partial charge in [0.1, 0.15) is 11.2 Å². The standard InChI is InChI=1S/C45H28N2O/c1-2-11-29(12-3-1)30-13-8-14-31(27-30)47(32-22-23-36-35-17-6-7-21-42(35)48-43(36)28-32)41-25-24-40-44-37(18-9-19-39(41)44)33-15-4-5-16-34(33)38-20-10-26-46-45(38)40/h1-28H. The Kier molecular flexibility index (Phi) is 5.87. The summed E-state index contributed by atoms with van der Waals surface area (Å²) in [6.45, 7) is 0. The summed E-state index contributed by atoms with van der Waals surface area (Å²) in [5.74, 6) is 0. The normalized spacial score (nSPS) is 11.8. The van der Waals surface area contributed by atoms with E-state index in [9.17, 15) is 0 Å². The van der Waals surface area contributed by atoms with Gasteiger partial charge in [-0.05, 0) is 70.3 Å². The van der Waals surface area contributed by atoms with Crippen LogP contribution in [0.1, 0.15) is 0 Å². The summed E-state index contributed by atoms with van der Waals surface area (Å²) in [5.41, 5.74) is 14.2. The van der Waals surface area contributed by atoms with Gasteiger partial charge in [0.05, 0.1) is 11.4 Å². The summed E-state index contributed by atoms with van der Waals surface area (Å²) in [6, 6.07) is 58.4. The van der Waals surface area contributed by atoms with E-state index in [2.05, 4.69) is 150 Å². The summed E-state index contributed by atoms with van der Waals surface area (Å²) >= 11 is 0. The van der Waals surface area contributed by atoms with Gasteiger partial charge in [-0.1, -0.05) is 115 Å². The van der Waals surface area contributed by atoms with Crippen LogP contribution < -0.4 is 4.90 Å². The molecule has 0 atom stereocenters. The van der Waals surface area contributed by atoms with Crippen molar-refractivity contribution in [2.24, 2.45) is 0 Å². The Labute approximate surface area is 278 Å². The molecule has 1 aliphatic rings. The van der Waals surface area contributed by atoms with E-state index in [0.29, 0.717) is 0 Å². The van der Waals surface area contributed by atoms with Crippen LogP contribution in [0.3, 0.4) is 0 Å². The number of para-hydroxylation sites is 1. The molecule has 224 valence electrons. The van der Waals surface area contributed by atoms with E-state index in [1.54, 1.807) is 0 Å². The molecule has 0 radical (unpaired) electrons. The lowest BCUT2D eigenvalue weighted by Gasteiger charge is -2.28. The van der Waals surface area contributed by atoms with Gasteiger partial charge in [0.15, 0.2) is 0 Å². The molecular weight excluding hydrogens is 585 g/mol. The Morgan fingerprint density at radius 1 is 0.417 bits per heavy atom. The first-order valence-corrected chi connectivity index (χ1v) is 16.3. The molecule has 0 amide bonds. The largest absolute Gasteiger partial charge is 0.456 e. The fourth-order valence-electron chi connectivity index (χ4n) is 7.53. The third-order valence-corrected chi connectivity index (χ3v) is 9.66. The molecule has 0 bridgehead atoms. The molecule has 2 heterocycles. The van der Waals surface area contributed by atoms with Crippen molar-refractivity contribution in [3.8, 4) is 44.6 Å². The molecule has 0 spiro atoms. The van der Waals surface area contributed by atoms with Gasteiger partial charge in [-0.2, -0.15) is 0 Å². The quantitative estimate of drug-likeness (QED) is 0.198. The van der Waals surface area contributed by atoms with E-state index in [-0.39, 0.29) is 0 Å². The molecule has 3 heteroatoms. The number of rotatable bonds is 4. The maximum absolute atomic E-state index is 6.42. The number of hydrogen-bond acceptors (Lipinski definition) is 3. The van der Waals surface area contributed by atoms with E-state index >= 15 is 0 Å². The Morgan fingerprint density at radius 3 is 2.02 bits per heavy atom. The number of fused-ring (bicyclic) bond motifs is 8. The Balaban J connectivity index is 1.27. The van der Waals surface area contributed by atoms with Crippen molar-refractivity contribution < 1.29 is 4.42 Å². The van der Waals surface area contributed by atoms with Crippen molar-refractivity contribution in [3.05, 3.63) is 170 Å². The highest BCUT2D eigenvalue weighted by Gasteiger charge is 2.25. The number of aromatic nitrogens is 1. The smallest absolute Gasteiger partial charge is 0.137 e. The number of hydrogen-bond donors (Lipinski definition) is 0. The lowest BCUT2D eigenvalue weighted by Crippen LogP contribution is -2.11. The zero-order valence-electron chi connectivity index (χ0n) is 26.0. The van der Waals surface area contributed by atoms with Crippen LogP contribution in [0.15, 0.2) is 174 Å². The summed E-state index contributed by atoms with van der Waals surface area (Å²) in [6.07, 6.45) is 1.90. The topological polar surface area (TPSA) is 29.3 Å².